The summed E-state index contributed by atoms with van der Waals surface area (Å²) >= 11 is 0. The number of fused-ring (bicyclic) bond motifs is 1. The van der Waals surface area contributed by atoms with Gasteiger partial charge in [-0.25, -0.2) is 0 Å². The quantitative estimate of drug-likeness (QED) is 0.501. The predicted molar refractivity (Wildman–Crippen MR) is 144 cm³/mol. The van der Waals surface area contributed by atoms with Crippen LogP contribution in [0.5, 0.6) is 5.75 Å². The Labute approximate surface area is 208 Å². The molecule has 0 radical (unpaired) electrons. The standard InChI is InChI=1S/C29H33BN2O3/c1-20(2)31-15-17-32(18-16-31)25-10-4-23(5-11-25)29-27(21-6-12-26(33)13-7-21)14-8-22-3-9-24(30(34)35)19-28(22)29/h3-7,9-13,19-20,33-35H,8,14-18H2,1-2H3. The molecule has 0 amide bonds. The SMILES string of the molecule is CC(C)N1CCN(c2ccc(C3=C(c4ccc(O)cc4)CCc4ccc(B(O)O)cc43)cc2)CC1. The number of piperazine rings is 1. The molecular weight excluding hydrogens is 435 g/mol. The Balaban J connectivity index is 1.54. The van der Waals surface area contributed by atoms with E-state index in [0.717, 1.165) is 61.3 Å². The average molecular weight is 468 g/mol. The number of rotatable bonds is 5. The molecule has 0 saturated carbocycles. The second-order valence-corrected chi connectivity index (χ2v) is 9.85. The van der Waals surface area contributed by atoms with Gasteiger partial charge in [0.1, 0.15) is 5.75 Å². The van der Waals surface area contributed by atoms with Crippen molar-refractivity contribution in [3.63, 3.8) is 0 Å². The summed E-state index contributed by atoms with van der Waals surface area (Å²) < 4.78 is 0. The first-order chi connectivity index (χ1) is 16.9. The molecule has 5 rings (SSSR count). The van der Waals surface area contributed by atoms with Crippen molar-refractivity contribution < 1.29 is 15.2 Å². The van der Waals surface area contributed by atoms with Crippen LogP contribution in [0, 0.1) is 0 Å². The topological polar surface area (TPSA) is 67.2 Å². The zero-order valence-electron chi connectivity index (χ0n) is 20.5. The highest BCUT2D eigenvalue weighted by molar-refractivity contribution is 6.58. The van der Waals surface area contributed by atoms with Gasteiger partial charge in [0.25, 0.3) is 0 Å². The number of phenols is 1. The second kappa shape index (κ2) is 9.90. The van der Waals surface area contributed by atoms with Crippen LogP contribution in [-0.4, -0.2) is 59.4 Å². The first-order valence-electron chi connectivity index (χ1n) is 12.5. The molecule has 3 aromatic rings. The Morgan fingerprint density at radius 3 is 2.06 bits per heavy atom. The van der Waals surface area contributed by atoms with Crippen LogP contribution >= 0.6 is 0 Å². The average Bonchev–Trinajstić information content (AvgIpc) is 2.88. The van der Waals surface area contributed by atoms with E-state index in [0.29, 0.717) is 11.5 Å². The summed E-state index contributed by atoms with van der Waals surface area (Å²) in [6, 6.07) is 22.5. The number of allylic oxidation sites excluding steroid dienone is 1. The molecule has 1 aliphatic heterocycles. The molecule has 0 atom stereocenters. The summed E-state index contributed by atoms with van der Waals surface area (Å²) in [6.45, 7) is 8.73. The maximum Gasteiger partial charge on any atom is 0.488 e. The van der Waals surface area contributed by atoms with Crippen molar-refractivity contribution in [2.24, 2.45) is 0 Å². The van der Waals surface area contributed by atoms with Gasteiger partial charge in [-0.1, -0.05) is 42.5 Å². The van der Waals surface area contributed by atoms with Crippen LogP contribution in [0.2, 0.25) is 0 Å². The van der Waals surface area contributed by atoms with Gasteiger partial charge in [-0.2, -0.15) is 0 Å². The van der Waals surface area contributed by atoms with Crippen molar-refractivity contribution in [1.82, 2.24) is 4.90 Å². The van der Waals surface area contributed by atoms with Gasteiger partial charge in [0.2, 0.25) is 0 Å². The molecule has 0 unspecified atom stereocenters. The number of aryl methyl sites for hydroxylation is 1. The van der Waals surface area contributed by atoms with Crippen molar-refractivity contribution in [3.8, 4) is 5.75 Å². The van der Waals surface area contributed by atoms with Crippen molar-refractivity contribution in [2.45, 2.75) is 32.7 Å². The summed E-state index contributed by atoms with van der Waals surface area (Å²) in [6.07, 6.45) is 1.77. The minimum atomic E-state index is -1.51. The van der Waals surface area contributed by atoms with E-state index in [1.54, 1.807) is 18.2 Å². The summed E-state index contributed by atoms with van der Waals surface area (Å²) in [5.41, 5.74) is 8.50. The van der Waals surface area contributed by atoms with E-state index in [4.69, 9.17) is 0 Å². The lowest BCUT2D eigenvalue weighted by atomic mass is 9.74. The van der Waals surface area contributed by atoms with Gasteiger partial charge in [0, 0.05) is 37.9 Å². The Bertz CT molecular complexity index is 1210. The Morgan fingerprint density at radius 1 is 0.771 bits per heavy atom. The van der Waals surface area contributed by atoms with E-state index in [2.05, 4.69) is 47.9 Å². The van der Waals surface area contributed by atoms with E-state index in [9.17, 15) is 15.2 Å². The van der Waals surface area contributed by atoms with Crippen LogP contribution in [0.4, 0.5) is 5.69 Å². The molecule has 0 spiro atoms. The highest BCUT2D eigenvalue weighted by Crippen LogP contribution is 2.41. The van der Waals surface area contributed by atoms with Crippen molar-refractivity contribution in [2.75, 3.05) is 31.1 Å². The molecule has 2 aliphatic rings. The van der Waals surface area contributed by atoms with E-state index in [-0.39, 0.29) is 5.75 Å². The summed E-state index contributed by atoms with van der Waals surface area (Å²) in [5.74, 6) is 0.250. The molecule has 0 bridgehead atoms. The zero-order valence-corrected chi connectivity index (χ0v) is 20.5. The molecule has 1 aliphatic carbocycles. The number of phenolic OH excluding ortho intramolecular Hbond substituents is 1. The third kappa shape index (κ3) is 4.87. The first kappa shape index (κ1) is 23.7. The minimum Gasteiger partial charge on any atom is -0.508 e. The predicted octanol–water partition coefficient (Wildman–Crippen LogP) is 3.51. The number of hydrogen-bond donors (Lipinski definition) is 3. The molecular formula is C29H33BN2O3. The molecule has 1 fully saturated rings. The number of nitrogens with zero attached hydrogens (tertiary/aromatic N) is 2. The van der Waals surface area contributed by atoms with Gasteiger partial charge in [0.05, 0.1) is 0 Å². The third-order valence-corrected chi connectivity index (χ3v) is 7.43. The number of anilines is 1. The number of hydrogen-bond acceptors (Lipinski definition) is 5. The lowest BCUT2D eigenvalue weighted by Gasteiger charge is -2.38. The molecule has 1 saturated heterocycles. The van der Waals surface area contributed by atoms with E-state index >= 15 is 0 Å². The maximum atomic E-state index is 9.83. The molecule has 3 aromatic carbocycles. The fraction of sp³-hybridized carbons (Fsp3) is 0.310. The Kier molecular flexibility index (Phi) is 6.70. The van der Waals surface area contributed by atoms with Gasteiger partial charge < -0.3 is 20.1 Å². The highest BCUT2D eigenvalue weighted by atomic mass is 16.4. The van der Waals surface area contributed by atoms with Crippen molar-refractivity contribution >= 4 is 29.4 Å². The van der Waals surface area contributed by atoms with Gasteiger partial charge in [-0.3, -0.25) is 4.90 Å². The van der Waals surface area contributed by atoms with Crippen LogP contribution in [0.15, 0.2) is 66.7 Å². The molecule has 1 heterocycles. The number of benzene rings is 3. The third-order valence-electron chi connectivity index (χ3n) is 7.43. The molecule has 5 nitrogen and oxygen atoms in total. The number of aromatic hydroxyl groups is 1. The molecule has 6 heteroatoms. The molecule has 0 aromatic heterocycles. The van der Waals surface area contributed by atoms with Crippen LogP contribution in [0.1, 0.15) is 42.5 Å². The maximum absolute atomic E-state index is 9.83. The zero-order chi connectivity index (χ0) is 24.5. The second-order valence-electron chi connectivity index (χ2n) is 9.85. The monoisotopic (exact) mass is 468 g/mol. The van der Waals surface area contributed by atoms with Crippen LogP contribution in [0.3, 0.4) is 0 Å². The van der Waals surface area contributed by atoms with Gasteiger partial charge >= 0.3 is 7.12 Å². The minimum absolute atomic E-state index is 0.250. The largest absolute Gasteiger partial charge is 0.508 e. The Morgan fingerprint density at radius 2 is 1.43 bits per heavy atom. The fourth-order valence-electron chi connectivity index (χ4n) is 5.37. The normalized spacial score (nSPS) is 16.5. The Hall–Kier alpha value is -3.06. The van der Waals surface area contributed by atoms with Gasteiger partial charge in [-0.05, 0) is 89.8 Å². The molecule has 180 valence electrons. The summed E-state index contributed by atoms with van der Waals surface area (Å²) in [7, 11) is -1.51. The van der Waals surface area contributed by atoms with Gasteiger partial charge in [0.15, 0.2) is 0 Å². The highest BCUT2D eigenvalue weighted by Gasteiger charge is 2.24. The van der Waals surface area contributed by atoms with Crippen molar-refractivity contribution in [3.05, 3.63) is 89.0 Å². The van der Waals surface area contributed by atoms with E-state index < -0.39 is 7.12 Å². The fourth-order valence-corrected chi connectivity index (χ4v) is 5.37. The summed E-state index contributed by atoms with van der Waals surface area (Å²) in [4.78, 5) is 4.97. The molecule has 35 heavy (non-hydrogen) atoms. The summed E-state index contributed by atoms with van der Waals surface area (Å²) in [5, 5.41) is 29.5. The van der Waals surface area contributed by atoms with Crippen LogP contribution < -0.4 is 10.4 Å². The molecule has 3 N–H and O–H groups in total. The van der Waals surface area contributed by atoms with E-state index in [1.165, 1.54) is 16.8 Å². The van der Waals surface area contributed by atoms with Gasteiger partial charge in [-0.15, -0.1) is 0 Å². The van der Waals surface area contributed by atoms with E-state index in [1.807, 2.05) is 24.3 Å². The van der Waals surface area contributed by atoms with Crippen LogP contribution in [-0.2, 0) is 6.42 Å². The lowest BCUT2D eigenvalue weighted by Crippen LogP contribution is -2.48. The van der Waals surface area contributed by atoms with Crippen LogP contribution in [0.25, 0.3) is 11.1 Å². The smallest absolute Gasteiger partial charge is 0.488 e. The lowest BCUT2D eigenvalue weighted by molar-refractivity contribution is 0.209. The first-order valence-corrected chi connectivity index (χ1v) is 12.5. The van der Waals surface area contributed by atoms with Crippen molar-refractivity contribution in [1.29, 1.82) is 0 Å².